The predicted octanol–water partition coefficient (Wildman–Crippen LogP) is 0.357. The first-order valence-corrected chi connectivity index (χ1v) is 7.02. The van der Waals surface area contributed by atoms with E-state index in [1.807, 2.05) is 18.2 Å². The van der Waals surface area contributed by atoms with Crippen molar-refractivity contribution in [3.8, 4) is 0 Å². The lowest BCUT2D eigenvalue weighted by Gasteiger charge is -2.47. The highest BCUT2D eigenvalue weighted by atomic mass is 16.5. The molecule has 0 bridgehead atoms. The minimum atomic E-state index is -0.290. The molecule has 4 N–H and O–H groups in total. The Morgan fingerprint density at radius 1 is 1.52 bits per heavy atom. The third-order valence-electron chi connectivity index (χ3n) is 4.64. The molecule has 2 amide bonds. The van der Waals surface area contributed by atoms with E-state index in [0.29, 0.717) is 18.5 Å². The lowest BCUT2D eigenvalue weighted by molar-refractivity contribution is -0.125. The Labute approximate surface area is 123 Å². The summed E-state index contributed by atoms with van der Waals surface area (Å²) in [6.45, 7) is 0.575. The average Bonchev–Trinajstić information content (AvgIpc) is 2.83. The number of hydrogen-bond acceptors (Lipinski definition) is 4. The van der Waals surface area contributed by atoms with Crippen LogP contribution in [0.1, 0.15) is 40.7 Å². The number of fused-ring (bicyclic) bond motifs is 1. The van der Waals surface area contributed by atoms with E-state index >= 15 is 0 Å². The second-order valence-corrected chi connectivity index (χ2v) is 5.85. The van der Waals surface area contributed by atoms with E-state index in [2.05, 4.69) is 10.7 Å². The Balaban J connectivity index is 1.92. The van der Waals surface area contributed by atoms with Crippen molar-refractivity contribution in [1.29, 1.82) is 0 Å². The van der Waals surface area contributed by atoms with Crippen molar-refractivity contribution in [3.63, 3.8) is 0 Å². The van der Waals surface area contributed by atoms with Crippen molar-refractivity contribution in [3.05, 3.63) is 34.9 Å². The molecule has 1 aliphatic carbocycles. The number of benzene rings is 1. The van der Waals surface area contributed by atoms with Crippen molar-refractivity contribution in [2.75, 3.05) is 7.11 Å². The molecule has 0 aromatic heterocycles. The molecule has 1 aromatic carbocycles. The molecule has 0 unspecified atom stereocenters. The summed E-state index contributed by atoms with van der Waals surface area (Å²) in [5.41, 5.74) is 4.63. The number of rotatable bonds is 4. The summed E-state index contributed by atoms with van der Waals surface area (Å²) in [6.07, 6.45) is 1.98. The van der Waals surface area contributed by atoms with E-state index in [0.717, 1.165) is 24.0 Å². The molecule has 1 aliphatic heterocycles. The predicted molar refractivity (Wildman–Crippen MR) is 76.3 cm³/mol. The first kappa shape index (κ1) is 14.0. The molecule has 1 aromatic rings. The summed E-state index contributed by atoms with van der Waals surface area (Å²) < 4.78 is 5.35. The van der Waals surface area contributed by atoms with Gasteiger partial charge in [0.2, 0.25) is 5.91 Å². The van der Waals surface area contributed by atoms with Gasteiger partial charge in [0.25, 0.3) is 5.91 Å². The molecule has 112 valence electrons. The monoisotopic (exact) mass is 289 g/mol. The van der Waals surface area contributed by atoms with Gasteiger partial charge in [0.15, 0.2) is 0 Å². The van der Waals surface area contributed by atoms with Crippen LogP contribution in [0.25, 0.3) is 0 Å². The maximum Gasteiger partial charge on any atom is 0.251 e. The van der Waals surface area contributed by atoms with Crippen LogP contribution in [0.4, 0.5) is 0 Å². The standard InChI is InChI=1S/C15H19N3O3/c1-21-11-5-15(6-11,7-13(19)18-16)10-3-2-9-8-17-14(20)12(9)4-10/h2-4,11H,5-8,16H2,1H3,(H,17,20)(H,18,19). The fraction of sp³-hybridized carbons (Fsp3) is 0.467. The quantitative estimate of drug-likeness (QED) is 0.424. The number of hydrogen-bond donors (Lipinski definition) is 3. The molecular formula is C15H19N3O3. The zero-order valence-electron chi connectivity index (χ0n) is 11.9. The highest BCUT2D eigenvalue weighted by Gasteiger charge is 2.47. The summed E-state index contributed by atoms with van der Waals surface area (Å²) in [5, 5.41) is 2.81. The van der Waals surface area contributed by atoms with E-state index in [-0.39, 0.29) is 23.3 Å². The Morgan fingerprint density at radius 2 is 2.29 bits per heavy atom. The normalized spacial score (nSPS) is 26.8. The molecule has 1 heterocycles. The van der Waals surface area contributed by atoms with Gasteiger partial charge >= 0.3 is 0 Å². The third-order valence-corrected chi connectivity index (χ3v) is 4.64. The van der Waals surface area contributed by atoms with Crippen molar-refractivity contribution >= 4 is 11.8 Å². The van der Waals surface area contributed by atoms with Gasteiger partial charge in [-0.15, -0.1) is 0 Å². The first-order chi connectivity index (χ1) is 10.1. The Bertz CT molecular complexity index is 594. The van der Waals surface area contributed by atoms with Gasteiger partial charge in [0.1, 0.15) is 0 Å². The van der Waals surface area contributed by atoms with E-state index in [4.69, 9.17) is 10.6 Å². The zero-order valence-corrected chi connectivity index (χ0v) is 11.9. The minimum Gasteiger partial charge on any atom is -0.381 e. The van der Waals surface area contributed by atoms with E-state index in [9.17, 15) is 9.59 Å². The molecule has 3 rings (SSSR count). The van der Waals surface area contributed by atoms with Gasteiger partial charge in [-0.05, 0) is 30.0 Å². The van der Waals surface area contributed by atoms with Gasteiger partial charge in [0.05, 0.1) is 6.10 Å². The number of methoxy groups -OCH3 is 1. The molecule has 6 nitrogen and oxygen atoms in total. The van der Waals surface area contributed by atoms with E-state index in [1.54, 1.807) is 7.11 Å². The topological polar surface area (TPSA) is 93.4 Å². The lowest BCUT2D eigenvalue weighted by Crippen LogP contribution is -2.49. The summed E-state index contributed by atoms with van der Waals surface area (Å²) in [6, 6.07) is 5.88. The molecular weight excluding hydrogens is 270 g/mol. The van der Waals surface area contributed by atoms with Crippen LogP contribution in [-0.2, 0) is 21.5 Å². The summed E-state index contributed by atoms with van der Waals surface area (Å²) in [5.74, 6) is 4.97. The summed E-state index contributed by atoms with van der Waals surface area (Å²) in [7, 11) is 1.67. The SMILES string of the molecule is COC1CC(CC(=O)NN)(c2ccc3c(c2)C(=O)NC3)C1. The Morgan fingerprint density at radius 3 is 2.95 bits per heavy atom. The van der Waals surface area contributed by atoms with Crippen LogP contribution in [-0.4, -0.2) is 25.0 Å². The van der Waals surface area contributed by atoms with Crippen LogP contribution < -0.4 is 16.6 Å². The number of amides is 2. The van der Waals surface area contributed by atoms with E-state index in [1.165, 1.54) is 0 Å². The van der Waals surface area contributed by atoms with Crippen LogP contribution in [0.3, 0.4) is 0 Å². The van der Waals surface area contributed by atoms with Crippen molar-refractivity contribution in [1.82, 2.24) is 10.7 Å². The fourth-order valence-corrected chi connectivity index (χ4v) is 3.36. The Kier molecular flexibility index (Phi) is 3.43. The maximum absolute atomic E-state index is 11.8. The highest BCUT2D eigenvalue weighted by Crippen LogP contribution is 2.48. The number of nitrogens with two attached hydrogens (primary N) is 1. The van der Waals surface area contributed by atoms with Crippen molar-refractivity contribution < 1.29 is 14.3 Å². The molecule has 6 heteroatoms. The number of ether oxygens (including phenoxy) is 1. The molecule has 0 spiro atoms. The van der Waals surface area contributed by atoms with Gasteiger partial charge < -0.3 is 10.1 Å². The van der Waals surface area contributed by atoms with Gasteiger partial charge in [-0.1, -0.05) is 12.1 Å². The number of hydrazine groups is 1. The smallest absolute Gasteiger partial charge is 0.251 e. The molecule has 0 radical (unpaired) electrons. The lowest BCUT2D eigenvalue weighted by atomic mass is 9.60. The molecule has 21 heavy (non-hydrogen) atoms. The van der Waals surface area contributed by atoms with Gasteiger partial charge in [0, 0.05) is 31.1 Å². The van der Waals surface area contributed by atoms with Crippen LogP contribution >= 0.6 is 0 Å². The maximum atomic E-state index is 11.8. The zero-order chi connectivity index (χ0) is 15.0. The number of nitrogens with one attached hydrogen (secondary N) is 2. The second kappa shape index (κ2) is 5.13. The first-order valence-electron chi connectivity index (χ1n) is 7.02. The molecule has 0 atom stereocenters. The number of carbonyl (C=O) groups excluding carboxylic acids is 2. The second-order valence-electron chi connectivity index (χ2n) is 5.85. The number of carbonyl (C=O) groups is 2. The molecule has 2 aliphatic rings. The Hall–Kier alpha value is -1.92. The fourth-order valence-electron chi connectivity index (χ4n) is 3.36. The van der Waals surface area contributed by atoms with Crippen LogP contribution in [0.5, 0.6) is 0 Å². The largest absolute Gasteiger partial charge is 0.381 e. The van der Waals surface area contributed by atoms with Crippen LogP contribution in [0, 0.1) is 0 Å². The third kappa shape index (κ3) is 2.30. The highest BCUT2D eigenvalue weighted by molar-refractivity contribution is 5.98. The summed E-state index contributed by atoms with van der Waals surface area (Å²) in [4.78, 5) is 23.5. The molecule has 1 saturated carbocycles. The van der Waals surface area contributed by atoms with Gasteiger partial charge in [-0.3, -0.25) is 15.0 Å². The van der Waals surface area contributed by atoms with Gasteiger partial charge in [-0.2, -0.15) is 0 Å². The van der Waals surface area contributed by atoms with Crippen molar-refractivity contribution in [2.45, 2.75) is 37.3 Å². The van der Waals surface area contributed by atoms with Crippen molar-refractivity contribution in [2.24, 2.45) is 5.84 Å². The van der Waals surface area contributed by atoms with E-state index < -0.39 is 0 Å². The molecule has 0 saturated heterocycles. The minimum absolute atomic E-state index is 0.0482. The molecule has 1 fully saturated rings. The summed E-state index contributed by atoms with van der Waals surface area (Å²) >= 11 is 0. The van der Waals surface area contributed by atoms with Crippen LogP contribution in [0.15, 0.2) is 18.2 Å². The van der Waals surface area contributed by atoms with Gasteiger partial charge in [-0.25, -0.2) is 5.84 Å². The van der Waals surface area contributed by atoms with Crippen LogP contribution in [0.2, 0.25) is 0 Å². The average molecular weight is 289 g/mol.